The number of aliphatic hydroxyl groups excluding tert-OH is 2. The Morgan fingerprint density at radius 1 is 1.30 bits per heavy atom. The molecule has 0 aliphatic carbocycles. The summed E-state index contributed by atoms with van der Waals surface area (Å²) < 4.78 is 0. The molecule has 0 aromatic carbocycles. The van der Waals surface area contributed by atoms with Crippen LogP contribution in [-0.2, 0) is 4.79 Å². The molecule has 4 nitrogen and oxygen atoms in total. The molecule has 2 unspecified atom stereocenters. The summed E-state index contributed by atoms with van der Waals surface area (Å²) in [5, 5.41) is 20.2. The zero-order chi connectivity index (χ0) is 8.15. The van der Waals surface area contributed by atoms with E-state index in [2.05, 4.69) is 5.32 Å². The lowest BCUT2D eigenvalue weighted by Crippen LogP contribution is -2.45. The first-order chi connectivity index (χ1) is 4.59. The monoisotopic (exact) mass is 147 g/mol. The van der Waals surface area contributed by atoms with E-state index in [1.54, 1.807) is 0 Å². The first-order valence-corrected chi connectivity index (χ1v) is 3.15. The predicted octanol–water partition coefficient (Wildman–Crippen LogP) is -1.14. The molecule has 0 aliphatic heterocycles. The number of carbonyl (C=O) groups excluding carboxylic acids is 1. The van der Waals surface area contributed by atoms with Gasteiger partial charge in [0.15, 0.2) is 0 Å². The molecule has 0 spiro atoms. The maximum Gasteiger partial charge on any atom is 0.207 e. The third-order valence-electron chi connectivity index (χ3n) is 1.30. The Morgan fingerprint density at radius 3 is 1.80 bits per heavy atom. The Hall–Kier alpha value is -0.610. The highest BCUT2D eigenvalue weighted by Crippen LogP contribution is 1.97. The molecule has 2 atom stereocenters. The van der Waals surface area contributed by atoms with E-state index in [0.29, 0.717) is 6.41 Å². The second-order valence-corrected chi connectivity index (χ2v) is 2.29. The Kier molecular flexibility index (Phi) is 3.99. The molecule has 0 aromatic heterocycles. The van der Waals surface area contributed by atoms with Gasteiger partial charge in [0.05, 0.1) is 18.2 Å². The predicted molar refractivity (Wildman–Crippen MR) is 36.3 cm³/mol. The van der Waals surface area contributed by atoms with Gasteiger partial charge in [-0.25, -0.2) is 0 Å². The fraction of sp³-hybridized carbons (Fsp3) is 0.833. The summed E-state index contributed by atoms with van der Waals surface area (Å²) in [5.41, 5.74) is 0. The molecule has 0 radical (unpaired) electrons. The van der Waals surface area contributed by atoms with Crippen LogP contribution in [0.2, 0.25) is 0 Å². The van der Waals surface area contributed by atoms with E-state index in [1.807, 2.05) is 0 Å². The summed E-state index contributed by atoms with van der Waals surface area (Å²) in [4.78, 5) is 9.89. The fourth-order valence-electron chi connectivity index (χ4n) is 0.760. The van der Waals surface area contributed by atoms with Crippen LogP contribution in [0.3, 0.4) is 0 Å². The van der Waals surface area contributed by atoms with Gasteiger partial charge in [0, 0.05) is 0 Å². The van der Waals surface area contributed by atoms with E-state index in [-0.39, 0.29) is 0 Å². The average Bonchev–Trinajstić information content (AvgIpc) is 1.81. The van der Waals surface area contributed by atoms with Gasteiger partial charge in [-0.3, -0.25) is 4.79 Å². The highest BCUT2D eigenvalue weighted by Gasteiger charge is 2.18. The van der Waals surface area contributed by atoms with Crippen LogP contribution in [0.15, 0.2) is 0 Å². The second kappa shape index (κ2) is 4.24. The van der Waals surface area contributed by atoms with Crippen LogP contribution < -0.4 is 5.32 Å². The van der Waals surface area contributed by atoms with Gasteiger partial charge in [-0.2, -0.15) is 0 Å². The van der Waals surface area contributed by atoms with Gasteiger partial charge in [0.2, 0.25) is 6.41 Å². The van der Waals surface area contributed by atoms with Gasteiger partial charge in [0.1, 0.15) is 0 Å². The third kappa shape index (κ3) is 2.80. The largest absolute Gasteiger partial charge is 0.391 e. The molecule has 0 saturated heterocycles. The van der Waals surface area contributed by atoms with E-state index >= 15 is 0 Å². The van der Waals surface area contributed by atoms with E-state index in [1.165, 1.54) is 13.8 Å². The molecule has 0 aliphatic rings. The summed E-state index contributed by atoms with van der Waals surface area (Å²) in [6.45, 7) is 3.02. The van der Waals surface area contributed by atoms with Crippen LogP contribution in [0.1, 0.15) is 13.8 Å². The topological polar surface area (TPSA) is 69.6 Å². The molecular formula is C6H13NO3. The van der Waals surface area contributed by atoms with E-state index in [4.69, 9.17) is 10.2 Å². The number of hydrogen-bond acceptors (Lipinski definition) is 3. The molecule has 0 rings (SSSR count). The number of carbonyl (C=O) groups is 1. The molecule has 60 valence electrons. The number of amides is 1. The summed E-state index contributed by atoms with van der Waals surface area (Å²) in [7, 11) is 0. The van der Waals surface area contributed by atoms with Crippen molar-refractivity contribution >= 4 is 6.41 Å². The lowest BCUT2D eigenvalue weighted by atomic mass is 10.1. The van der Waals surface area contributed by atoms with Crippen molar-refractivity contribution in [1.82, 2.24) is 5.32 Å². The van der Waals surface area contributed by atoms with Crippen molar-refractivity contribution in [2.75, 3.05) is 0 Å². The number of hydrogen-bond donors (Lipinski definition) is 3. The van der Waals surface area contributed by atoms with Crippen LogP contribution >= 0.6 is 0 Å². The number of aliphatic hydroxyl groups is 2. The average molecular weight is 147 g/mol. The zero-order valence-electron chi connectivity index (χ0n) is 6.11. The van der Waals surface area contributed by atoms with Crippen molar-refractivity contribution < 1.29 is 15.0 Å². The summed E-state index contributed by atoms with van der Waals surface area (Å²) in [5.74, 6) is 0. The molecular weight excluding hydrogens is 134 g/mol. The van der Waals surface area contributed by atoms with Gasteiger partial charge in [-0.05, 0) is 13.8 Å². The first kappa shape index (κ1) is 9.39. The van der Waals surface area contributed by atoms with Gasteiger partial charge < -0.3 is 15.5 Å². The van der Waals surface area contributed by atoms with E-state index < -0.39 is 18.2 Å². The van der Waals surface area contributed by atoms with E-state index in [9.17, 15) is 4.79 Å². The Morgan fingerprint density at radius 2 is 1.70 bits per heavy atom. The SMILES string of the molecule is CC(O)C(NC=O)C(C)O. The van der Waals surface area contributed by atoms with Crippen LogP contribution in [-0.4, -0.2) is 34.9 Å². The van der Waals surface area contributed by atoms with Crippen molar-refractivity contribution in [3.63, 3.8) is 0 Å². The minimum Gasteiger partial charge on any atom is -0.391 e. The fourth-order valence-corrected chi connectivity index (χ4v) is 0.760. The molecule has 0 heterocycles. The quantitative estimate of drug-likeness (QED) is 0.440. The summed E-state index contributed by atoms with van der Waals surface area (Å²) >= 11 is 0. The molecule has 3 N–H and O–H groups in total. The minimum atomic E-state index is -0.731. The lowest BCUT2D eigenvalue weighted by molar-refractivity contribution is -0.112. The zero-order valence-corrected chi connectivity index (χ0v) is 6.11. The van der Waals surface area contributed by atoms with Crippen LogP contribution in [0.5, 0.6) is 0 Å². The van der Waals surface area contributed by atoms with Crippen molar-refractivity contribution in [3.05, 3.63) is 0 Å². The van der Waals surface area contributed by atoms with Gasteiger partial charge >= 0.3 is 0 Å². The Balaban J connectivity index is 3.84. The lowest BCUT2D eigenvalue weighted by Gasteiger charge is -2.21. The first-order valence-electron chi connectivity index (χ1n) is 3.15. The maximum absolute atomic E-state index is 9.89. The highest BCUT2D eigenvalue weighted by molar-refractivity contribution is 5.46. The van der Waals surface area contributed by atoms with Crippen LogP contribution in [0.25, 0.3) is 0 Å². The van der Waals surface area contributed by atoms with E-state index in [0.717, 1.165) is 0 Å². The number of nitrogens with one attached hydrogen (secondary N) is 1. The molecule has 0 fully saturated rings. The van der Waals surface area contributed by atoms with Crippen molar-refractivity contribution in [2.24, 2.45) is 0 Å². The molecule has 1 amide bonds. The molecule has 4 heteroatoms. The molecule has 10 heavy (non-hydrogen) atoms. The smallest absolute Gasteiger partial charge is 0.207 e. The normalized spacial score (nSPS) is 19.2. The van der Waals surface area contributed by atoms with Crippen molar-refractivity contribution in [1.29, 1.82) is 0 Å². The Bertz CT molecular complexity index is 95.2. The third-order valence-corrected chi connectivity index (χ3v) is 1.30. The van der Waals surface area contributed by atoms with Crippen molar-refractivity contribution in [2.45, 2.75) is 32.1 Å². The molecule has 0 aromatic rings. The van der Waals surface area contributed by atoms with Gasteiger partial charge in [0.25, 0.3) is 0 Å². The minimum absolute atomic E-state index is 0.462. The second-order valence-electron chi connectivity index (χ2n) is 2.29. The maximum atomic E-state index is 9.89. The van der Waals surface area contributed by atoms with Crippen LogP contribution in [0.4, 0.5) is 0 Å². The molecule has 0 bridgehead atoms. The number of rotatable bonds is 4. The Labute approximate surface area is 59.9 Å². The summed E-state index contributed by atoms with van der Waals surface area (Å²) in [6.07, 6.45) is -1.00. The standard InChI is InChI=1S/C6H13NO3/c1-4(9)6(5(2)10)7-3-8/h3-6,9-10H,1-2H3,(H,7,8). The molecule has 0 saturated carbocycles. The van der Waals surface area contributed by atoms with Crippen molar-refractivity contribution in [3.8, 4) is 0 Å². The van der Waals surface area contributed by atoms with Gasteiger partial charge in [-0.15, -0.1) is 0 Å². The van der Waals surface area contributed by atoms with Crippen LogP contribution in [0, 0.1) is 0 Å². The highest BCUT2D eigenvalue weighted by atomic mass is 16.3. The van der Waals surface area contributed by atoms with Gasteiger partial charge in [-0.1, -0.05) is 0 Å². The summed E-state index contributed by atoms with van der Waals surface area (Å²) in [6, 6.07) is -0.572.